The van der Waals surface area contributed by atoms with Crippen LogP contribution in [0.25, 0.3) is 0 Å². The summed E-state index contributed by atoms with van der Waals surface area (Å²) in [4.78, 5) is 9.20. The van der Waals surface area contributed by atoms with Gasteiger partial charge >= 0.3 is 0 Å². The van der Waals surface area contributed by atoms with Crippen LogP contribution in [0.1, 0.15) is 24.8 Å². The molecule has 120 valence electrons. The van der Waals surface area contributed by atoms with Gasteiger partial charge in [0.25, 0.3) is 0 Å². The van der Waals surface area contributed by atoms with E-state index in [-0.39, 0.29) is 0 Å². The molecule has 0 radical (unpaired) electrons. The van der Waals surface area contributed by atoms with Gasteiger partial charge in [-0.1, -0.05) is 18.2 Å². The van der Waals surface area contributed by atoms with Gasteiger partial charge < -0.3 is 20.3 Å². The minimum atomic E-state index is 0.636. The summed E-state index contributed by atoms with van der Waals surface area (Å²) < 4.78 is 5.35. The van der Waals surface area contributed by atoms with Crippen molar-refractivity contribution in [3.63, 3.8) is 0 Å². The first kappa shape index (κ1) is 15.2. The Morgan fingerprint density at radius 3 is 2.55 bits per heavy atom. The average molecular weight is 302 g/mol. The number of rotatable bonds is 3. The molecule has 5 nitrogen and oxygen atoms in total. The number of guanidine groups is 1. The number of anilines is 1. The first-order chi connectivity index (χ1) is 10.8. The zero-order valence-electron chi connectivity index (χ0n) is 13.2. The van der Waals surface area contributed by atoms with E-state index in [2.05, 4.69) is 39.1 Å². The molecular weight excluding hydrogens is 276 g/mol. The Hall–Kier alpha value is -1.75. The van der Waals surface area contributed by atoms with E-state index in [1.807, 2.05) is 0 Å². The van der Waals surface area contributed by atoms with E-state index >= 15 is 0 Å². The maximum atomic E-state index is 6.13. The Labute approximate surface area is 132 Å². The van der Waals surface area contributed by atoms with E-state index in [0.717, 1.165) is 39.4 Å². The molecule has 2 aliphatic heterocycles. The van der Waals surface area contributed by atoms with Crippen LogP contribution >= 0.6 is 0 Å². The van der Waals surface area contributed by atoms with Crippen molar-refractivity contribution in [3.05, 3.63) is 29.8 Å². The predicted molar refractivity (Wildman–Crippen MR) is 90.2 cm³/mol. The molecule has 1 aromatic rings. The fraction of sp³-hybridized carbons (Fsp3) is 0.588. The van der Waals surface area contributed by atoms with E-state index in [1.54, 1.807) is 0 Å². The third-order valence-corrected chi connectivity index (χ3v) is 4.43. The smallest absolute Gasteiger partial charge is 0.191 e. The number of hydrogen-bond donors (Lipinski definition) is 1. The lowest BCUT2D eigenvalue weighted by atomic mass is 10.1. The fourth-order valence-corrected chi connectivity index (χ4v) is 3.15. The van der Waals surface area contributed by atoms with Gasteiger partial charge in [0.05, 0.1) is 19.8 Å². The number of morpholine rings is 1. The Morgan fingerprint density at radius 2 is 1.77 bits per heavy atom. The molecule has 2 heterocycles. The summed E-state index contributed by atoms with van der Waals surface area (Å²) in [6.07, 6.45) is 3.92. The highest BCUT2D eigenvalue weighted by atomic mass is 16.5. The lowest BCUT2D eigenvalue weighted by molar-refractivity contribution is 0.0674. The SMILES string of the molecule is NC(=NCc1ccccc1N1CCCCC1)N1CCOCC1. The van der Waals surface area contributed by atoms with Gasteiger partial charge in [0.2, 0.25) is 0 Å². The lowest BCUT2D eigenvalue weighted by Gasteiger charge is -2.30. The summed E-state index contributed by atoms with van der Waals surface area (Å²) in [6, 6.07) is 8.58. The number of nitrogens with zero attached hydrogens (tertiary/aromatic N) is 3. The standard InChI is InChI=1S/C17H26N4O/c18-17(21-10-12-22-13-11-21)19-14-15-6-2-3-7-16(15)20-8-4-1-5-9-20/h2-3,6-7H,1,4-5,8-14H2,(H2,18,19). The molecular formula is C17H26N4O. The molecule has 0 amide bonds. The van der Waals surface area contributed by atoms with Gasteiger partial charge in [-0.05, 0) is 30.9 Å². The molecule has 3 rings (SSSR count). The summed E-state index contributed by atoms with van der Waals surface area (Å²) in [5.74, 6) is 0.636. The third kappa shape index (κ3) is 3.71. The van der Waals surface area contributed by atoms with E-state index in [1.165, 1.54) is 30.5 Å². The van der Waals surface area contributed by atoms with E-state index in [4.69, 9.17) is 10.5 Å². The van der Waals surface area contributed by atoms with E-state index < -0.39 is 0 Å². The van der Waals surface area contributed by atoms with Crippen LogP contribution in [-0.4, -0.2) is 50.3 Å². The fourth-order valence-electron chi connectivity index (χ4n) is 3.15. The molecule has 5 heteroatoms. The molecule has 0 aliphatic carbocycles. The second-order valence-corrected chi connectivity index (χ2v) is 5.95. The summed E-state index contributed by atoms with van der Waals surface area (Å²) in [7, 11) is 0. The maximum Gasteiger partial charge on any atom is 0.191 e. The first-order valence-corrected chi connectivity index (χ1v) is 8.30. The number of para-hydroxylation sites is 1. The van der Waals surface area contributed by atoms with Gasteiger partial charge in [-0.3, -0.25) is 0 Å². The summed E-state index contributed by atoms with van der Waals surface area (Å²) >= 11 is 0. The van der Waals surface area contributed by atoms with E-state index in [0.29, 0.717) is 12.5 Å². The average Bonchev–Trinajstić information content (AvgIpc) is 2.61. The van der Waals surface area contributed by atoms with Gasteiger partial charge in [0.15, 0.2) is 5.96 Å². The molecule has 2 fully saturated rings. The van der Waals surface area contributed by atoms with E-state index in [9.17, 15) is 0 Å². The second kappa shape index (κ2) is 7.49. The van der Waals surface area contributed by atoms with Crippen molar-refractivity contribution in [1.29, 1.82) is 0 Å². The van der Waals surface area contributed by atoms with Crippen LogP contribution in [0.5, 0.6) is 0 Å². The molecule has 2 N–H and O–H groups in total. The zero-order chi connectivity index (χ0) is 15.2. The number of aliphatic imine (C=N–C) groups is 1. The van der Waals surface area contributed by atoms with Gasteiger partial charge in [0, 0.05) is 31.9 Å². The van der Waals surface area contributed by atoms with Crippen molar-refractivity contribution < 1.29 is 4.74 Å². The molecule has 0 spiro atoms. The Bertz CT molecular complexity index is 505. The predicted octanol–water partition coefficient (Wildman–Crippen LogP) is 1.82. The van der Waals surface area contributed by atoms with Gasteiger partial charge in [-0.15, -0.1) is 0 Å². The lowest BCUT2D eigenvalue weighted by Crippen LogP contribution is -2.44. The summed E-state index contributed by atoms with van der Waals surface area (Å²) in [6.45, 7) is 6.10. The first-order valence-electron chi connectivity index (χ1n) is 8.30. The maximum absolute atomic E-state index is 6.13. The summed E-state index contributed by atoms with van der Waals surface area (Å²) in [5, 5.41) is 0. The van der Waals surface area contributed by atoms with Crippen molar-refractivity contribution in [2.24, 2.45) is 10.7 Å². The molecule has 0 atom stereocenters. The highest BCUT2D eigenvalue weighted by molar-refractivity contribution is 5.78. The zero-order valence-corrected chi connectivity index (χ0v) is 13.2. The van der Waals surface area contributed by atoms with Crippen molar-refractivity contribution in [2.45, 2.75) is 25.8 Å². The van der Waals surface area contributed by atoms with Crippen LogP contribution in [0.3, 0.4) is 0 Å². The van der Waals surface area contributed by atoms with Crippen LogP contribution in [0.2, 0.25) is 0 Å². The molecule has 2 aliphatic rings. The molecule has 0 saturated carbocycles. The van der Waals surface area contributed by atoms with Crippen LogP contribution in [-0.2, 0) is 11.3 Å². The number of ether oxygens (including phenoxy) is 1. The molecule has 22 heavy (non-hydrogen) atoms. The summed E-state index contributed by atoms with van der Waals surface area (Å²) in [5.41, 5.74) is 8.72. The number of piperidine rings is 1. The van der Waals surface area contributed by atoms with Crippen LogP contribution < -0.4 is 10.6 Å². The molecule has 0 unspecified atom stereocenters. The van der Waals surface area contributed by atoms with Gasteiger partial charge in [0.1, 0.15) is 0 Å². The number of benzene rings is 1. The van der Waals surface area contributed by atoms with Crippen LogP contribution in [0.4, 0.5) is 5.69 Å². The normalized spacial score (nSPS) is 20.3. The largest absolute Gasteiger partial charge is 0.378 e. The van der Waals surface area contributed by atoms with Gasteiger partial charge in [-0.2, -0.15) is 0 Å². The Morgan fingerprint density at radius 1 is 1.05 bits per heavy atom. The Balaban J connectivity index is 1.69. The van der Waals surface area contributed by atoms with Crippen LogP contribution in [0.15, 0.2) is 29.3 Å². The minimum absolute atomic E-state index is 0.636. The Kier molecular flexibility index (Phi) is 5.16. The van der Waals surface area contributed by atoms with Crippen molar-refractivity contribution in [1.82, 2.24) is 4.90 Å². The minimum Gasteiger partial charge on any atom is -0.378 e. The molecule has 0 bridgehead atoms. The van der Waals surface area contributed by atoms with Crippen LogP contribution in [0, 0.1) is 0 Å². The second-order valence-electron chi connectivity index (χ2n) is 5.95. The molecule has 1 aromatic carbocycles. The van der Waals surface area contributed by atoms with Crippen molar-refractivity contribution >= 4 is 11.6 Å². The topological polar surface area (TPSA) is 54.1 Å². The molecule has 2 saturated heterocycles. The number of nitrogens with two attached hydrogens (primary N) is 1. The molecule has 0 aromatic heterocycles. The number of hydrogen-bond acceptors (Lipinski definition) is 3. The quantitative estimate of drug-likeness (QED) is 0.683. The van der Waals surface area contributed by atoms with Gasteiger partial charge in [-0.25, -0.2) is 4.99 Å². The monoisotopic (exact) mass is 302 g/mol. The highest BCUT2D eigenvalue weighted by Crippen LogP contribution is 2.24. The highest BCUT2D eigenvalue weighted by Gasteiger charge is 2.15. The third-order valence-electron chi connectivity index (χ3n) is 4.43. The van der Waals surface area contributed by atoms with Crippen molar-refractivity contribution in [3.8, 4) is 0 Å². The van der Waals surface area contributed by atoms with Crippen molar-refractivity contribution in [2.75, 3.05) is 44.3 Å².